The Hall–Kier alpha value is -1.00. The first-order chi connectivity index (χ1) is 8.20. The van der Waals surface area contributed by atoms with Gasteiger partial charge in [0.05, 0.1) is 18.2 Å². The van der Waals surface area contributed by atoms with Crippen LogP contribution in [0.1, 0.15) is 27.9 Å². The van der Waals surface area contributed by atoms with Crippen LogP contribution in [0.15, 0.2) is 6.20 Å². The predicted octanol–water partition coefficient (Wildman–Crippen LogP) is 3.43. The number of esters is 1. The first-order valence-electron chi connectivity index (χ1n) is 4.32. The van der Waals surface area contributed by atoms with Gasteiger partial charge in [0.1, 0.15) is 3.70 Å². The van der Waals surface area contributed by atoms with Crippen molar-refractivity contribution in [3.63, 3.8) is 0 Å². The smallest absolute Gasteiger partial charge is 0.419 e. The number of pyridine rings is 1. The Bertz CT molecular complexity index is 475. The van der Waals surface area contributed by atoms with Gasteiger partial charge in [0.2, 0.25) is 0 Å². The van der Waals surface area contributed by atoms with E-state index in [4.69, 9.17) is 0 Å². The van der Waals surface area contributed by atoms with Crippen molar-refractivity contribution in [1.29, 1.82) is 0 Å². The van der Waals surface area contributed by atoms with Crippen LogP contribution in [0.3, 0.4) is 0 Å². The van der Waals surface area contributed by atoms with Crippen LogP contribution < -0.4 is 0 Å². The second kappa shape index (κ2) is 5.33. The highest BCUT2D eigenvalue weighted by Gasteiger charge is 2.41. The Labute approximate surface area is 111 Å². The van der Waals surface area contributed by atoms with E-state index in [2.05, 4.69) is 9.72 Å². The molecule has 1 aromatic heterocycles. The Balaban J connectivity index is 3.64. The summed E-state index contributed by atoms with van der Waals surface area (Å²) in [5.41, 5.74) is -3.91. The number of ether oxygens (including phenoxy) is 1. The van der Waals surface area contributed by atoms with Crippen LogP contribution in [-0.2, 0) is 10.9 Å². The standard InChI is InChI=1S/C9H5F5INO2/c1-18-8(17)3-2-16-7(15)5(9(12,13)14)4(3)6(10)11/h2,6H,1H3. The third kappa shape index (κ3) is 2.87. The molecule has 0 bridgehead atoms. The molecule has 1 aromatic rings. The van der Waals surface area contributed by atoms with Gasteiger partial charge in [-0.3, -0.25) is 0 Å². The van der Waals surface area contributed by atoms with Crippen molar-refractivity contribution in [2.24, 2.45) is 0 Å². The average Bonchev–Trinajstić information content (AvgIpc) is 2.25. The normalized spacial score (nSPS) is 11.8. The molecule has 0 atom stereocenters. The van der Waals surface area contributed by atoms with Crippen molar-refractivity contribution in [3.8, 4) is 0 Å². The average molecular weight is 381 g/mol. The van der Waals surface area contributed by atoms with Gasteiger partial charge in [-0.2, -0.15) is 13.2 Å². The summed E-state index contributed by atoms with van der Waals surface area (Å²) < 4.78 is 67.1. The van der Waals surface area contributed by atoms with Crippen molar-refractivity contribution >= 4 is 28.6 Å². The number of carbonyl (C=O) groups excluding carboxylic acids is 1. The SMILES string of the molecule is COC(=O)c1cnc(I)c(C(F)(F)F)c1C(F)F. The van der Waals surface area contributed by atoms with Gasteiger partial charge in [-0.15, -0.1) is 0 Å². The highest BCUT2D eigenvalue weighted by atomic mass is 127. The number of alkyl halides is 5. The molecule has 1 rings (SSSR count). The number of carbonyl (C=O) groups is 1. The Morgan fingerprint density at radius 2 is 2.00 bits per heavy atom. The lowest BCUT2D eigenvalue weighted by atomic mass is 10.0. The molecule has 100 valence electrons. The highest BCUT2D eigenvalue weighted by molar-refractivity contribution is 14.1. The third-order valence-corrected chi connectivity index (χ3v) is 2.80. The maximum atomic E-state index is 12.8. The zero-order valence-corrected chi connectivity index (χ0v) is 10.8. The third-order valence-electron chi connectivity index (χ3n) is 1.98. The topological polar surface area (TPSA) is 39.2 Å². The second-order valence-electron chi connectivity index (χ2n) is 3.04. The number of aromatic nitrogens is 1. The molecule has 9 heteroatoms. The number of nitrogens with zero attached hydrogens (tertiary/aromatic N) is 1. The van der Waals surface area contributed by atoms with Crippen LogP contribution in [0.4, 0.5) is 22.0 Å². The minimum absolute atomic E-state index is 0.643. The predicted molar refractivity (Wildman–Crippen MR) is 58.3 cm³/mol. The maximum absolute atomic E-state index is 12.8. The largest absolute Gasteiger partial charge is 0.465 e. The summed E-state index contributed by atoms with van der Waals surface area (Å²) >= 11 is 1.18. The van der Waals surface area contributed by atoms with Gasteiger partial charge < -0.3 is 4.74 Å². The molecule has 3 nitrogen and oxygen atoms in total. The molecule has 0 aliphatic rings. The summed E-state index contributed by atoms with van der Waals surface area (Å²) in [6.45, 7) is 0. The quantitative estimate of drug-likeness (QED) is 0.341. The molecule has 0 unspecified atom stereocenters. The van der Waals surface area contributed by atoms with Crippen LogP contribution in [-0.4, -0.2) is 18.1 Å². The Morgan fingerprint density at radius 3 is 2.39 bits per heavy atom. The van der Waals surface area contributed by atoms with Crippen LogP contribution in [0.5, 0.6) is 0 Å². The summed E-state index contributed by atoms with van der Waals surface area (Å²) in [5.74, 6) is -1.29. The zero-order valence-electron chi connectivity index (χ0n) is 8.69. The summed E-state index contributed by atoms with van der Waals surface area (Å²) in [7, 11) is 0.878. The fourth-order valence-electron chi connectivity index (χ4n) is 1.27. The molecule has 0 radical (unpaired) electrons. The van der Waals surface area contributed by atoms with E-state index < -0.39 is 39.0 Å². The van der Waals surface area contributed by atoms with E-state index >= 15 is 0 Å². The lowest BCUT2D eigenvalue weighted by Gasteiger charge is -2.16. The number of methoxy groups -OCH3 is 1. The van der Waals surface area contributed by atoms with Crippen molar-refractivity contribution < 1.29 is 31.5 Å². The van der Waals surface area contributed by atoms with E-state index in [1.165, 1.54) is 22.6 Å². The molecule has 0 aromatic carbocycles. The number of hydrogen-bond donors (Lipinski definition) is 0. The van der Waals surface area contributed by atoms with Crippen molar-refractivity contribution in [3.05, 3.63) is 26.6 Å². The van der Waals surface area contributed by atoms with Crippen molar-refractivity contribution in [2.45, 2.75) is 12.6 Å². The minimum Gasteiger partial charge on any atom is -0.465 e. The van der Waals surface area contributed by atoms with E-state index in [9.17, 15) is 26.7 Å². The molecule has 0 saturated heterocycles. The van der Waals surface area contributed by atoms with E-state index in [0.29, 0.717) is 6.20 Å². The highest BCUT2D eigenvalue weighted by Crippen LogP contribution is 2.40. The fourth-order valence-corrected chi connectivity index (χ4v) is 2.01. The van der Waals surface area contributed by atoms with Gasteiger partial charge >= 0.3 is 12.1 Å². The minimum atomic E-state index is -5.03. The lowest BCUT2D eigenvalue weighted by Crippen LogP contribution is -2.18. The van der Waals surface area contributed by atoms with E-state index in [0.717, 1.165) is 7.11 Å². The molecule has 0 spiro atoms. The molecule has 0 N–H and O–H groups in total. The molecule has 0 aliphatic carbocycles. The molecule has 0 saturated carbocycles. The molecular formula is C9H5F5INO2. The summed E-state index contributed by atoms with van der Waals surface area (Å²) in [6, 6.07) is 0. The number of halogens is 6. The summed E-state index contributed by atoms with van der Waals surface area (Å²) in [4.78, 5) is 14.5. The second-order valence-corrected chi connectivity index (χ2v) is 4.06. The van der Waals surface area contributed by atoms with Crippen LogP contribution >= 0.6 is 22.6 Å². The first kappa shape index (κ1) is 15.1. The zero-order chi connectivity index (χ0) is 14.1. The Morgan fingerprint density at radius 1 is 1.44 bits per heavy atom. The molecule has 18 heavy (non-hydrogen) atoms. The molecular weight excluding hydrogens is 376 g/mol. The maximum Gasteiger partial charge on any atom is 0.419 e. The van der Waals surface area contributed by atoms with Gasteiger partial charge in [0.15, 0.2) is 0 Å². The number of hydrogen-bond acceptors (Lipinski definition) is 3. The molecule has 0 fully saturated rings. The van der Waals surface area contributed by atoms with Crippen LogP contribution in [0.25, 0.3) is 0 Å². The van der Waals surface area contributed by atoms with Crippen LogP contribution in [0.2, 0.25) is 0 Å². The summed E-state index contributed by atoms with van der Waals surface area (Å²) in [6.07, 6.45) is -7.85. The molecule has 0 aliphatic heterocycles. The lowest BCUT2D eigenvalue weighted by molar-refractivity contribution is -0.140. The molecule has 1 heterocycles. The van der Waals surface area contributed by atoms with Crippen LogP contribution in [0, 0.1) is 3.70 Å². The van der Waals surface area contributed by atoms with E-state index in [1.54, 1.807) is 0 Å². The van der Waals surface area contributed by atoms with Gasteiger partial charge in [-0.1, -0.05) is 0 Å². The summed E-state index contributed by atoms with van der Waals surface area (Å²) in [5, 5.41) is 0. The Kier molecular flexibility index (Phi) is 4.46. The van der Waals surface area contributed by atoms with Gasteiger partial charge in [-0.05, 0) is 22.6 Å². The van der Waals surface area contributed by atoms with E-state index in [1.807, 2.05) is 0 Å². The van der Waals surface area contributed by atoms with Crippen molar-refractivity contribution in [1.82, 2.24) is 4.98 Å². The first-order valence-corrected chi connectivity index (χ1v) is 5.40. The van der Waals surface area contributed by atoms with Gasteiger partial charge in [0.25, 0.3) is 6.43 Å². The van der Waals surface area contributed by atoms with Gasteiger partial charge in [0, 0.05) is 11.8 Å². The van der Waals surface area contributed by atoms with Crippen molar-refractivity contribution in [2.75, 3.05) is 7.11 Å². The molecule has 0 amide bonds. The van der Waals surface area contributed by atoms with Gasteiger partial charge in [-0.25, -0.2) is 18.6 Å². The fraction of sp³-hybridized carbons (Fsp3) is 0.333. The van der Waals surface area contributed by atoms with E-state index in [-0.39, 0.29) is 0 Å². The monoisotopic (exact) mass is 381 g/mol. The number of rotatable bonds is 2.